The van der Waals surface area contributed by atoms with Gasteiger partial charge < -0.3 is 15.2 Å². The maximum Gasteiger partial charge on any atom is 0.127 e. The van der Waals surface area contributed by atoms with E-state index in [0.717, 1.165) is 15.6 Å². The summed E-state index contributed by atoms with van der Waals surface area (Å²) in [5.41, 5.74) is 7.87. The van der Waals surface area contributed by atoms with Crippen LogP contribution in [-0.4, -0.2) is 14.2 Å². The third-order valence-electron chi connectivity index (χ3n) is 3.28. The Labute approximate surface area is 132 Å². The standard InChI is InChI=1S/C16H17BrFNO2/c1-20-14-4-3-5-15(21-2)16(14)13(19)9-10-8-11(18)6-7-12(10)17/h3-8,13H,9,19H2,1-2H3. The van der Waals surface area contributed by atoms with Crippen LogP contribution in [0.15, 0.2) is 40.9 Å². The molecule has 0 spiro atoms. The molecule has 112 valence electrons. The fraction of sp³-hybridized carbons (Fsp3) is 0.250. The van der Waals surface area contributed by atoms with E-state index in [9.17, 15) is 4.39 Å². The van der Waals surface area contributed by atoms with Gasteiger partial charge in [0.15, 0.2) is 0 Å². The molecule has 0 heterocycles. The molecule has 0 saturated carbocycles. The van der Waals surface area contributed by atoms with Crippen LogP contribution in [-0.2, 0) is 6.42 Å². The predicted molar refractivity (Wildman–Crippen MR) is 84.3 cm³/mol. The number of benzene rings is 2. The van der Waals surface area contributed by atoms with Crippen molar-refractivity contribution in [2.45, 2.75) is 12.5 Å². The van der Waals surface area contributed by atoms with Crippen molar-refractivity contribution in [1.29, 1.82) is 0 Å². The van der Waals surface area contributed by atoms with E-state index in [-0.39, 0.29) is 11.9 Å². The second kappa shape index (κ2) is 6.91. The largest absolute Gasteiger partial charge is 0.496 e. The van der Waals surface area contributed by atoms with Crippen LogP contribution in [0, 0.1) is 5.82 Å². The van der Waals surface area contributed by atoms with Crippen molar-refractivity contribution in [3.05, 3.63) is 57.8 Å². The molecule has 0 aliphatic heterocycles. The van der Waals surface area contributed by atoms with Crippen LogP contribution in [0.2, 0.25) is 0 Å². The first-order chi connectivity index (χ1) is 10.1. The molecule has 0 fully saturated rings. The molecule has 0 saturated heterocycles. The highest BCUT2D eigenvalue weighted by Crippen LogP contribution is 2.35. The molecule has 2 N–H and O–H groups in total. The number of methoxy groups -OCH3 is 2. The number of halogens is 2. The average Bonchev–Trinajstić information content (AvgIpc) is 2.49. The van der Waals surface area contributed by atoms with Gasteiger partial charge in [0.05, 0.1) is 19.8 Å². The maximum absolute atomic E-state index is 13.4. The number of nitrogens with two attached hydrogens (primary N) is 1. The number of hydrogen-bond donors (Lipinski definition) is 1. The Kier molecular flexibility index (Phi) is 5.20. The van der Waals surface area contributed by atoms with Crippen LogP contribution in [0.1, 0.15) is 17.2 Å². The second-order valence-electron chi connectivity index (χ2n) is 4.62. The molecule has 0 radical (unpaired) electrons. The van der Waals surface area contributed by atoms with Gasteiger partial charge in [0.1, 0.15) is 17.3 Å². The summed E-state index contributed by atoms with van der Waals surface area (Å²) in [5, 5.41) is 0. The second-order valence-corrected chi connectivity index (χ2v) is 5.48. The smallest absolute Gasteiger partial charge is 0.127 e. The lowest BCUT2D eigenvalue weighted by Crippen LogP contribution is -2.16. The van der Waals surface area contributed by atoms with Gasteiger partial charge in [0.2, 0.25) is 0 Å². The molecule has 1 atom stereocenters. The Morgan fingerprint density at radius 3 is 2.33 bits per heavy atom. The van der Waals surface area contributed by atoms with Gasteiger partial charge in [0.25, 0.3) is 0 Å². The summed E-state index contributed by atoms with van der Waals surface area (Å²) in [6.07, 6.45) is 0.467. The number of rotatable bonds is 5. The van der Waals surface area contributed by atoms with Gasteiger partial charge in [-0.3, -0.25) is 0 Å². The molecule has 2 rings (SSSR count). The van der Waals surface area contributed by atoms with Gasteiger partial charge >= 0.3 is 0 Å². The van der Waals surface area contributed by atoms with Gasteiger partial charge in [-0.05, 0) is 42.3 Å². The molecule has 2 aromatic carbocycles. The van der Waals surface area contributed by atoms with E-state index in [1.54, 1.807) is 20.3 Å². The zero-order valence-electron chi connectivity index (χ0n) is 11.9. The summed E-state index contributed by atoms with van der Waals surface area (Å²) in [6, 6.07) is 9.70. The van der Waals surface area contributed by atoms with Gasteiger partial charge in [-0.2, -0.15) is 0 Å². The van der Waals surface area contributed by atoms with Gasteiger partial charge in [0, 0.05) is 10.5 Å². The van der Waals surface area contributed by atoms with Crippen molar-refractivity contribution in [3.63, 3.8) is 0 Å². The lowest BCUT2D eigenvalue weighted by molar-refractivity contribution is 0.378. The highest BCUT2D eigenvalue weighted by molar-refractivity contribution is 9.10. The highest BCUT2D eigenvalue weighted by atomic mass is 79.9. The summed E-state index contributed by atoms with van der Waals surface area (Å²) in [6.45, 7) is 0. The predicted octanol–water partition coefficient (Wildman–Crippen LogP) is 3.85. The van der Waals surface area contributed by atoms with E-state index in [2.05, 4.69) is 15.9 Å². The molecular weight excluding hydrogens is 337 g/mol. The van der Waals surface area contributed by atoms with E-state index >= 15 is 0 Å². The van der Waals surface area contributed by atoms with Gasteiger partial charge in [-0.25, -0.2) is 4.39 Å². The van der Waals surface area contributed by atoms with E-state index in [4.69, 9.17) is 15.2 Å². The fourth-order valence-electron chi connectivity index (χ4n) is 2.28. The Morgan fingerprint density at radius 1 is 1.14 bits per heavy atom. The lowest BCUT2D eigenvalue weighted by atomic mass is 9.98. The fourth-order valence-corrected chi connectivity index (χ4v) is 2.69. The molecule has 0 aromatic heterocycles. The zero-order chi connectivity index (χ0) is 15.4. The van der Waals surface area contributed by atoms with Crippen LogP contribution in [0.25, 0.3) is 0 Å². The van der Waals surface area contributed by atoms with Gasteiger partial charge in [-0.1, -0.05) is 22.0 Å². The normalized spacial score (nSPS) is 12.0. The van der Waals surface area contributed by atoms with Crippen LogP contribution in [0.5, 0.6) is 11.5 Å². The SMILES string of the molecule is COc1cccc(OC)c1C(N)Cc1cc(F)ccc1Br. The summed E-state index contributed by atoms with van der Waals surface area (Å²) in [5.74, 6) is 1.04. The molecule has 3 nitrogen and oxygen atoms in total. The van der Waals surface area contributed by atoms with Crippen molar-refractivity contribution in [3.8, 4) is 11.5 Å². The van der Waals surface area contributed by atoms with Crippen molar-refractivity contribution in [1.82, 2.24) is 0 Å². The third kappa shape index (κ3) is 3.54. The lowest BCUT2D eigenvalue weighted by Gasteiger charge is -2.19. The van der Waals surface area contributed by atoms with Crippen LogP contribution in [0.3, 0.4) is 0 Å². The van der Waals surface area contributed by atoms with Crippen molar-refractivity contribution in [2.75, 3.05) is 14.2 Å². The van der Waals surface area contributed by atoms with Crippen LogP contribution in [0.4, 0.5) is 4.39 Å². The Hall–Kier alpha value is -1.59. The molecule has 2 aromatic rings. The Bertz CT molecular complexity index is 611. The van der Waals surface area contributed by atoms with Crippen LogP contribution >= 0.6 is 15.9 Å². The summed E-state index contributed by atoms with van der Waals surface area (Å²) >= 11 is 3.42. The zero-order valence-corrected chi connectivity index (χ0v) is 13.5. The molecule has 0 aliphatic rings. The Balaban J connectivity index is 2.36. The van der Waals surface area contributed by atoms with E-state index in [1.165, 1.54) is 12.1 Å². The monoisotopic (exact) mass is 353 g/mol. The molecule has 5 heteroatoms. The topological polar surface area (TPSA) is 44.5 Å². The first-order valence-electron chi connectivity index (χ1n) is 6.47. The van der Waals surface area contributed by atoms with E-state index < -0.39 is 0 Å². The molecular formula is C16H17BrFNO2. The van der Waals surface area contributed by atoms with Gasteiger partial charge in [-0.15, -0.1) is 0 Å². The third-order valence-corrected chi connectivity index (χ3v) is 4.06. The first kappa shape index (κ1) is 15.8. The molecule has 0 aliphatic carbocycles. The van der Waals surface area contributed by atoms with Crippen molar-refractivity contribution < 1.29 is 13.9 Å². The maximum atomic E-state index is 13.4. The molecule has 1 unspecified atom stereocenters. The summed E-state index contributed by atoms with van der Waals surface area (Å²) in [4.78, 5) is 0. The number of ether oxygens (including phenoxy) is 2. The number of hydrogen-bond acceptors (Lipinski definition) is 3. The average molecular weight is 354 g/mol. The van der Waals surface area contributed by atoms with E-state index in [0.29, 0.717) is 17.9 Å². The van der Waals surface area contributed by atoms with E-state index in [1.807, 2.05) is 18.2 Å². The first-order valence-corrected chi connectivity index (χ1v) is 7.26. The highest BCUT2D eigenvalue weighted by Gasteiger charge is 2.19. The quantitative estimate of drug-likeness (QED) is 0.887. The minimum Gasteiger partial charge on any atom is -0.496 e. The minimum atomic E-state index is -0.366. The minimum absolute atomic E-state index is 0.285. The molecule has 21 heavy (non-hydrogen) atoms. The Morgan fingerprint density at radius 2 is 1.76 bits per heavy atom. The summed E-state index contributed by atoms with van der Waals surface area (Å²) < 4.78 is 24.9. The van der Waals surface area contributed by atoms with Crippen LogP contribution < -0.4 is 15.2 Å². The molecule has 0 amide bonds. The molecule has 0 bridgehead atoms. The summed E-state index contributed by atoms with van der Waals surface area (Å²) in [7, 11) is 3.17. The van der Waals surface area contributed by atoms with Crippen molar-refractivity contribution in [2.24, 2.45) is 5.73 Å². The van der Waals surface area contributed by atoms with Crippen molar-refractivity contribution >= 4 is 15.9 Å².